The van der Waals surface area contributed by atoms with Gasteiger partial charge in [-0.2, -0.15) is 5.26 Å². The molecule has 0 atom stereocenters. The molecular formula is C18H22FN. The Labute approximate surface area is 121 Å². The highest BCUT2D eigenvalue weighted by molar-refractivity contribution is 5.34. The first-order valence-corrected chi connectivity index (χ1v) is 7.60. The molecule has 1 saturated carbocycles. The van der Waals surface area contributed by atoms with Crippen molar-refractivity contribution in [2.75, 3.05) is 0 Å². The second-order valence-electron chi connectivity index (χ2n) is 5.68. The third kappa shape index (κ3) is 3.70. The molecule has 0 saturated heterocycles. The van der Waals surface area contributed by atoms with E-state index in [1.54, 1.807) is 12.1 Å². The Morgan fingerprint density at radius 1 is 1.30 bits per heavy atom. The van der Waals surface area contributed by atoms with Crippen LogP contribution in [0.5, 0.6) is 0 Å². The Bertz CT molecular complexity index is 505. The molecule has 1 aliphatic carbocycles. The molecule has 0 bridgehead atoms. The zero-order chi connectivity index (χ0) is 14.4. The smallest absolute Gasteiger partial charge is 0.141 e. The minimum Gasteiger partial charge on any atom is -0.206 e. The van der Waals surface area contributed by atoms with E-state index in [9.17, 15) is 4.39 Å². The molecule has 0 heterocycles. The number of nitrogens with zero attached hydrogens (tertiary/aromatic N) is 1. The molecule has 0 spiro atoms. The quantitative estimate of drug-likeness (QED) is 0.679. The summed E-state index contributed by atoms with van der Waals surface area (Å²) in [4.78, 5) is 0. The molecule has 2 heteroatoms. The van der Waals surface area contributed by atoms with Crippen LogP contribution in [0.15, 0.2) is 30.4 Å². The first-order chi connectivity index (χ1) is 9.74. The summed E-state index contributed by atoms with van der Waals surface area (Å²) >= 11 is 0. The summed E-state index contributed by atoms with van der Waals surface area (Å²) in [7, 11) is 0. The van der Waals surface area contributed by atoms with Gasteiger partial charge in [0.1, 0.15) is 11.9 Å². The predicted molar refractivity (Wildman–Crippen MR) is 79.9 cm³/mol. The summed E-state index contributed by atoms with van der Waals surface area (Å²) in [5.41, 5.74) is 1.20. The lowest BCUT2D eigenvalue weighted by Gasteiger charge is -2.27. The first kappa shape index (κ1) is 14.8. The number of benzene rings is 1. The molecule has 20 heavy (non-hydrogen) atoms. The SMILES string of the molecule is CCC/C=C/C1CCC(c2ccc(C#N)c(F)c2)CC1. The summed E-state index contributed by atoms with van der Waals surface area (Å²) in [6.07, 6.45) is 11.6. The fraction of sp³-hybridized carbons (Fsp3) is 0.500. The number of hydrogen-bond acceptors (Lipinski definition) is 1. The van der Waals surface area contributed by atoms with E-state index < -0.39 is 0 Å². The lowest BCUT2D eigenvalue weighted by Crippen LogP contribution is -2.12. The molecule has 106 valence electrons. The Balaban J connectivity index is 1.94. The van der Waals surface area contributed by atoms with Crippen LogP contribution in [-0.4, -0.2) is 0 Å². The van der Waals surface area contributed by atoms with Crippen molar-refractivity contribution in [1.82, 2.24) is 0 Å². The highest BCUT2D eigenvalue weighted by atomic mass is 19.1. The Kier molecular flexibility index (Phi) is 5.35. The summed E-state index contributed by atoms with van der Waals surface area (Å²) in [6, 6.07) is 6.95. The van der Waals surface area contributed by atoms with Crippen molar-refractivity contribution in [3.63, 3.8) is 0 Å². The van der Waals surface area contributed by atoms with E-state index in [0.717, 1.165) is 18.4 Å². The summed E-state index contributed by atoms with van der Waals surface area (Å²) in [6.45, 7) is 2.20. The molecule has 0 amide bonds. The zero-order valence-corrected chi connectivity index (χ0v) is 12.1. The fourth-order valence-corrected chi connectivity index (χ4v) is 2.98. The van der Waals surface area contributed by atoms with Gasteiger partial charge >= 0.3 is 0 Å². The van der Waals surface area contributed by atoms with Gasteiger partial charge in [0.05, 0.1) is 5.56 Å². The van der Waals surface area contributed by atoms with Gasteiger partial charge in [-0.25, -0.2) is 4.39 Å². The lowest BCUT2D eigenvalue weighted by atomic mass is 9.78. The third-order valence-corrected chi connectivity index (χ3v) is 4.22. The normalized spacial score (nSPS) is 22.9. The highest BCUT2D eigenvalue weighted by Crippen LogP contribution is 2.36. The maximum absolute atomic E-state index is 13.7. The summed E-state index contributed by atoms with van der Waals surface area (Å²) in [5, 5.41) is 8.76. The average molecular weight is 271 g/mol. The van der Waals surface area contributed by atoms with Gasteiger partial charge in [0.25, 0.3) is 0 Å². The second-order valence-corrected chi connectivity index (χ2v) is 5.68. The van der Waals surface area contributed by atoms with Crippen molar-refractivity contribution in [2.45, 2.75) is 51.4 Å². The van der Waals surface area contributed by atoms with Crippen LogP contribution >= 0.6 is 0 Å². The molecule has 1 fully saturated rings. The largest absolute Gasteiger partial charge is 0.206 e. The molecular weight excluding hydrogens is 249 g/mol. The van der Waals surface area contributed by atoms with Gasteiger partial charge in [-0.15, -0.1) is 0 Å². The van der Waals surface area contributed by atoms with E-state index in [1.165, 1.54) is 25.7 Å². The van der Waals surface area contributed by atoms with Crippen LogP contribution in [-0.2, 0) is 0 Å². The van der Waals surface area contributed by atoms with Gasteiger partial charge in [-0.05, 0) is 61.6 Å². The Morgan fingerprint density at radius 3 is 2.65 bits per heavy atom. The van der Waals surface area contributed by atoms with Gasteiger partial charge in [-0.3, -0.25) is 0 Å². The van der Waals surface area contributed by atoms with Crippen molar-refractivity contribution in [3.05, 3.63) is 47.3 Å². The van der Waals surface area contributed by atoms with E-state index in [2.05, 4.69) is 19.1 Å². The zero-order valence-electron chi connectivity index (χ0n) is 12.1. The van der Waals surface area contributed by atoms with E-state index in [1.807, 2.05) is 12.1 Å². The van der Waals surface area contributed by atoms with Crippen molar-refractivity contribution in [3.8, 4) is 6.07 Å². The Hall–Kier alpha value is -1.62. The Morgan fingerprint density at radius 2 is 2.05 bits per heavy atom. The van der Waals surface area contributed by atoms with Crippen molar-refractivity contribution in [1.29, 1.82) is 5.26 Å². The minimum atomic E-state index is -0.380. The van der Waals surface area contributed by atoms with Crippen LogP contribution in [0.4, 0.5) is 4.39 Å². The average Bonchev–Trinajstić information content (AvgIpc) is 2.48. The summed E-state index contributed by atoms with van der Waals surface area (Å²) in [5.74, 6) is 0.768. The van der Waals surface area contributed by atoms with Gasteiger partial charge in [-0.1, -0.05) is 31.6 Å². The molecule has 0 aliphatic heterocycles. The van der Waals surface area contributed by atoms with Crippen LogP contribution in [0.25, 0.3) is 0 Å². The van der Waals surface area contributed by atoms with Gasteiger partial charge in [0.15, 0.2) is 0 Å². The maximum Gasteiger partial charge on any atom is 0.141 e. The van der Waals surface area contributed by atoms with E-state index in [-0.39, 0.29) is 11.4 Å². The number of unbranched alkanes of at least 4 members (excludes halogenated alkanes) is 1. The number of halogens is 1. The molecule has 1 aromatic carbocycles. The van der Waals surface area contributed by atoms with E-state index in [0.29, 0.717) is 11.8 Å². The molecule has 0 unspecified atom stereocenters. The van der Waals surface area contributed by atoms with Crippen LogP contribution < -0.4 is 0 Å². The number of nitriles is 1. The molecule has 1 aliphatic rings. The lowest BCUT2D eigenvalue weighted by molar-refractivity contribution is 0.374. The van der Waals surface area contributed by atoms with Gasteiger partial charge in [0.2, 0.25) is 0 Å². The molecule has 0 N–H and O–H groups in total. The van der Waals surface area contributed by atoms with Crippen LogP contribution in [0.2, 0.25) is 0 Å². The van der Waals surface area contributed by atoms with Crippen molar-refractivity contribution in [2.24, 2.45) is 5.92 Å². The standard InChI is InChI=1S/C18H22FN/c1-2-3-4-5-14-6-8-15(9-7-14)16-10-11-17(13-20)18(19)12-16/h4-5,10-12,14-15H,2-3,6-9H2,1H3/b5-4+. The number of rotatable bonds is 4. The van der Waals surface area contributed by atoms with Crippen LogP contribution in [0.1, 0.15) is 62.5 Å². The van der Waals surface area contributed by atoms with E-state index in [4.69, 9.17) is 5.26 Å². The second kappa shape index (κ2) is 7.24. The molecule has 0 radical (unpaired) electrons. The van der Waals surface area contributed by atoms with Gasteiger partial charge in [0, 0.05) is 0 Å². The maximum atomic E-state index is 13.7. The molecule has 1 nitrogen and oxygen atoms in total. The monoisotopic (exact) mass is 271 g/mol. The summed E-state index contributed by atoms with van der Waals surface area (Å²) < 4.78 is 13.7. The number of allylic oxidation sites excluding steroid dienone is 2. The first-order valence-electron chi connectivity index (χ1n) is 7.60. The highest BCUT2D eigenvalue weighted by Gasteiger charge is 2.21. The van der Waals surface area contributed by atoms with Crippen LogP contribution in [0, 0.1) is 23.1 Å². The predicted octanol–water partition coefficient (Wildman–Crippen LogP) is 5.33. The number of hydrogen-bond donors (Lipinski definition) is 0. The molecule has 0 aromatic heterocycles. The van der Waals surface area contributed by atoms with Crippen molar-refractivity contribution < 1.29 is 4.39 Å². The topological polar surface area (TPSA) is 23.8 Å². The fourth-order valence-electron chi connectivity index (χ4n) is 2.98. The van der Waals surface area contributed by atoms with Crippen molar-refractivity contribution >= 4 is 0 Å². The van der Waals surface area contributed by atoms with Crippen LogP contribution in [0.3, 0.4) is 0 Å². The van der Waals surface area contributed by atoms with E-state index >= 15 is 0 Å². The third-order valence-electron chi connectivity index (χ3n) is 4.22. The minimum absolute atomic E-state index is 0.143. The van der Waals surface area contributed by atoms with Gasteiger partial charge < -0.3 is 0 Å². The molecule has 1 aromatic rings. The molecule has 2 rings (SSSR count).